The average molecular weight is 212 g/mol. The van der Waals surface area contributed by atoms with Crippen LogP contribution >= 0.6 is 0 Å². The van der Waals surface area contributed by atoms with Gasteiger partial charge in [-0.1, -0.05) is 19.8 Å². The lowest BCUT2D eigenvalue weighted by molar-refractivity contribution is -0.119. The first-order valence-electron chi connectivity index (χ1n) is 5.52. The maximum absolute atomic E-state index is 11.3. The minimum atomic E-state index is -0.362. The molecule has 1 rings (SSSR count). The van der Waals surface area contributed by atoms with Crippen LogP contribution in [0.1, 0.15) is 39.0 Å². The van der Waals surface area contributed by atoms with Gasteiger partial charge in [-0.3, -0.25) is 4.79 Å². The Bertz CT molecular complexity index is 258. The number of hydrogen-bond acceptors (Lipinski definition) is 3. The number of allylic oxidation sites excluding steroid dienone is 1. The summed E-state index contributed by atoms with van der Waals surface area (Å²) in [6.45, 7) is 2.15. The third kappa shape index (κ3) is 2.59. The van der Waals surface area contributed by atoms with Gasteiger partial charge in [0.2, 0.25) is 0 Å². The van der Waals surface area contributed by atoms with Gasteiger partial charge in [-0.15, -0.1) is 0 Å². The van der Waals surface area contributed by atoms with E-state index in [1.54, 1.807) is 20.3 Å². The first-order chi connectivity index (χ1) is 7.18. The summed E-state index contributed by atoms with van der Waals surface area (Å²) in [6, 6.07) is 0. The molecule has 0 spiro atoms. The van der Waals surface area contributed by atoms with Crippen LogP contribution in [-0.4, -0.2) is 25.6 Å². The number of ketones is 1. The Balaban J connectivity index is 2.86. The van der Waals surface area contributed by atoms with Gasteiger partial charge >= 0.3 is 0 Å². The topological polar surface area (TPSA) is 35.5 Å². The van der Waals surface area contributed by atoms with Gasteiger partial charge < -0.3 is 9.47 Å². The van der Waals surface area contributed by atoms with Gasteiger partial charge in [-0.05, 0) is 12.8 Å². The summed E-state index contributed by atoms with van der Waals surface area (Å²) >= 11 is 0. The molecule has 0 fully saturated rings. The predicted molar refractivity (Wildman–Crippen MR) is 58.6 cm³/mol. The molecule has 0 aromatic heterocycles. The SMILES string of the molecule is CCCCC1(OC)CCC(=O)C=C1OC. The molecule has 0 aliphatic heterocycles. The molecule has 0 aromatic rings. The van der Waals surface area contributed by atoms with Crippen LogP contribution in [0.15, 0.2) is 11.8 Å². The summed E-state index contributed by atoms with van der Waals surface area (Å²) in [5, 5.41) is 0. The Morgan fingerprint density at radius 3 is 2.73 bits per heavy atom. The van der Waals surface area contributed by atoms with Crippen LogP contribution in [0.3, 0.4) is 0 Å². The molecule has 3 heteroatoms. The number of rotatable bonds is 5. The normalized spacial score (nSPS) is 26.3. The van der Waals surface area contributed by atoms with E-state index in [0.29, 0.717) is 12.2 Å². The van der Waals surface area contributed by atoms with E-state index < -0.39 is 0 Å². The first kappa shape index (κ1) is 12.2. The molecule has 86 valence electrons. The highest BCUT2D eigenvalue weighted by atomic mass is 16.5. The largest absolute Gasteiger partial charge is 0.498 e. The first-order valence-corrected chi connectivity index (χ1v) is 5.52. The van der Waals surface area contributed by atoms with Gasteiger partial charge in [0, 0.05) is 19.6 Å². The molecule has 1 aliphatic carbocycles. The molecule has 0 saturated heterocycles. The van der Waals surface area contributed by atoms with E-state index in [9.17, 15) is 4.79 Å². The molecule has 1 unspecified atom stereocenters. The number of carbonyl (C=O) groups excluding carboxylic acids is 1. The second-order valence-electron chi connectivity index (χ2n) is 3.98. The Hall–Kier alpha value is -0.830. The minimum Gasteiger partial charge on any atom is -0.498 e. The summed E-state index contributed by atoms with van der Waals surface area (Å²) in [5.74, 6) is 0.825. The van der Waals surface area contributed by atoms with Gasteiger partial charge in [0.25, 0.3) is 0 Å². The van der Waals surface area contributed by atoms with Crippen molar-refractivity contribution in [2.45, 2.75) is 44.6 Å². The molecule has 0 saturated carbocycles. The van der Waals surface area contributed by atoms with Crippen molar-refractivity contribution in [2.24, 2.45) is 0 Å². The maximum Gasteiger partial charge on any atom is 0.159 e. The lowest BCUT2D eigenvalue weighted by atomic mass is 9.84. The Morgan fingerprint density at radius 1 is 1.47 bits per heavy atom. The van der Waals surface area contributed by atoms with E-state index in [4.69, 9.17) is 9.47 Å². The fourth-order valence-corrected chi connectivity index (χ4v) is 2.06. The maximum atomic E-state index is 11.3. The fourth-order valence-electron chi connectivity index (χ4n) is 2.06. The number of unbranched alkanes of at least 4 members (excludes halogenated alkanes) is 1. The molecule has 0 bridgehead atoms. The van der Waals surface area contributed by atoms with Crippen molar-refractivity contribution in [2.75, 3.05) is 14.2 Å². The molecular weight excluding hydrogens is 192 g/mol. The zero-order valence-electron chi connectivity index (χ0n) is 9.84. The molecule has 0 N–H and O–H groups in total. The third-order valence-corrected chi connectivity index (χ3v) is 3.06. The number of ether oxygens (including phenoxy) is 2. The molecule has 15 heavy (non-hydrogen) atoms. The molecule has 3 nitrogen and oxygen atoms in total. The van der Waals surface area contributed by atoms with Gasteiger partial charge in [-0.2, -0.15) is 0 Å². The van der Waals surface area contributed by atoms with Crippen LogP contribution in [0.5, 0.6) is 0 Å². The van der Waals surface area contributed by atoms with Crippen molar-refractivity contribution in [3.8, 4) is 0 Å². The van der Waals surface area contributed by atoms with Crippen molar-refractivity contribution >= 4 is 5.78 Å². The van der Waals surface area contributed by atoms with Gasteiger partial charge in [-0.25, -0.2) is 0 Å². The van der Waals surface area contributed by atoms with Crippen molar-refractivity contribution in [1.29, 1.82) is 0 Å². The van der Waals surface area contributed by atoms with Crippen molar-refractivity contribution < 1.29 is 14.3 Å². The Morgan fingerprint density at radius 2 is 2.20 bits per heavy atom. The number of methoxy groups -OCH3 is 2. The summed E-state index contributed by atoms with van der Waals surface area (Å²) < 4.78 is 10.9. The highest BCUT2D eigenvalue weighted by molar-refractivity contribution is 5.91. The summed E-state index contributed by atoms with van der Waals surface area (Å²) in [6.07, 6.45) is 6.01. The zero-order chi connectivity index (χ0) is 11.3. The van der Waals surface area contributed by atoms with E-state index in [1.165, 1.54) is 0 Å². The summed E-state index contributed by atoms with van der Waals surface area (Å²) in [4.78, 5) is 11.3. The van der Waals surface area contributed by atoms with E-state index in [0.717, 1.165) is 25.7 Å². The van der Waals surface area contributed by atoms with Gasteiger partial charge in [0.15, 0.2) is 5.78 Å². The zero-order valence-corrected chi connectivity index (χ0v) is 9.84. The number of carbonyl (C=O) groups is 1. The monoisotopic (exact) mass is 212 g/mol. The lowest BCUT2D eigenvalue weighted by Gasteiger charge is -2.35. The summed E-state index contributed by atoms with van der Waals surface area (Å²) in [7, 11) is 3.29. The quantitative estimate of drug-likeness (QED) is 0.702. The number of hydrogen-bond donors (Lipinski definition) is 0. The lowest BCUT2D eigenvalue weighted by Crippen LogP contribution is -2.38. The van der Waals surface area contributed by atoms with Crippen LogP contribution in [0.25, 0.3) is 0 Å². The molecule has 1 aliphatic rings. The van der Waals surface area contributed by atoms with Crippen LogP contribution in [0.2, 0.25) is 0 Å². The Labute approximate surface area is 91.4 Å². The third-order valence-electron chi connectivity index (χ3n) is 3.06. The van der Waals surface area contributed by atoms with Crippen molar-refractivity contribution in [3.63, 3.8) is 0 Å². The van der Waals surface area contributed by atoms with Crippen LogP contribution in [0, 0.1) is 0 Å². The molecule has 0 amide bonds. The standard InChI is InChI=1S/C12H20O3/c1-4-5-7-12(15-3)8-6-10(13)9-11(12)14-2/h9H,4-8H2,1-3H3. The van der Waals surface area contributed by atoms with Crippen LogP contribution in [-0.2, 0) is 14.3 Å². The molecule has 0 radical (unpaired) electrons. The highest BCUT2D eigenvalue weighted by Gasteiger charge is 2.38. The van der Waals surface area contributed by atoms with E-state index in [2.05, 4.69) is 6.92 Å². The van der Waals surface area contributed by atoms with Crippen molar-refractivity contribution in [1.82, 2.24) is 0 Å². The van der Waals surface area contributed by atoms with E-state index >= 15 is 0 Å². The summed E-state index contributed by atoms with van der Waals surface area (Å²) in [5.41, 5.74) is -0.362. The molecule has 0 heterocycles. The van der Waals surface area contributed by atoms with E-state index in [-0.39, 0.29) is 11.4 Å². The smallest absolute Gasteiger partial charge is 0.159 e. The predicted octanol–water partition coefficient (Wildman–Crippen LogP) is 2.46. The molecule has 0 aromatic carbocycles. The second kappa shape index (κ2) is 5.31. The van der Waals surface area contributed by atoms with Crippen molar-refractivity contribution in [3.05, 3.63) is 11.8 Å². The second-order valence-corrected chi connectivity index (χ2v) is 3.98. The Kier molecular flexibility index (Phi) is 4.33. The van der Waals surface area contributed by atoms with E-state index in [1.807, 2.05) is 0 Å². The minimum absolute atomic E-state index is 0.135. The van der Waals surface area contributed by atoms with Crippen LogP contribution < -0.4 is 0 Å². The molecular formula is C12H20O3. The van der Waals surface area contributed by atoms with Gasteiger partial charge in [0.1, 0.15) is 11.4 Å². The highest BCUT2D eigenvalue weighted by Crippen LogP contribution is 2.35. The average Bonchev–Trinajstić information content (AvgIpc) is 2.28. The van der Waals surface area contributed by atoms with Crippen LogP contribution in [0.4, 0.5) is 0 Å². The fraction of sp³-hybridized carbons (Fsp3) is 0.750. The van der Waals surface area contributed by atoms with Gasteiger partial charge in [0.05, 0.1) is 7.11 Å². The molecule has 1 atom stereocenters.